The zero-order valence-electron chi connectivity index (χ0n) is 68.9. The third-order valence-electron chi connectivity index (χ3n) is 20.3. The van der Waals surface area contributed by atoms with Gasteiger partial charge in [-0.3, -0.25) is 37.3 Å². The van der Waals surface area contributed by atoms with Gasteiger partial charge in [-0.15, -0.1) is 0 Å². The fourth-order valence-corrected chi connectivity index (χ4v) is 15.1. The Morgan fingerprint density at radius 1 is 0.257 bits per heavy atom. The van der Waals surface area contributed by atoms with Gasteiger partial charge in [0.25, 0.3) is 0 Å². The largest absolute Gasteiger partial charge is 0.472 e. The van der Waals surface area contributed by atoms with Crippen molar-refractivity contribution >= 4 is 39.5 Å². The van der Waals surface area contributed by atoms with Gasteiger partial charge < -0.3 is 33.8 Å². The number of hydrogen-bond donors (Lipinski definition) is 3. The van der Waals surface area contributed by atoms with Crippen LogP contribution in [0.4, 0.5) is 0 Å². The number of carbonyl (C=O) groups is 4. The number of phosphoric acid groups is 2. The smallest absolute Gasteiger partial charge is 0.462 e. The van der Waals surface area contributed by atoms with Crippen LogP contribution < -0.4 is 0 Å². The van der Waals surface area contributed by atoms with Crippen molar-refractivity contribution in [2.24, 2.45) is 5.92 Å². The first-order chi connectivity index (χ1) is 51.0. The topological polar surface area (TPSA) is 237 Å². The minimum Gasteiger partial charge on any atom is -0.462 e. The Hall–Kier alpha value is -1.94. The zero-order valence-corrected chi connectivity index (χ0v) is 70.7. The predicted molar refractivity (Wildman–Crippen MR) is 432 cm³/mol. The molecule has 0 aliphatic rings. The van der Waals surface area contributed by atoms with E-state index in [9.17, 15) is 43.2 Å². The molecule has 17 nitrogen and oxygen atoms in total. The van der Waals surface area contributed by atoms with E-state index in [1.54, 1.807) is 0 Å². The highest BCUT2D eigenvalue weighted by Gasteiger charge is 2.30. The third-order valence-corrected chi connectivity index (χ3v) is 22.2. The van der Waals surface area contributed by atoms with Gasteiger partial charge in [0, 0.05) is 25.7 Å². The molecule has 0 rings (SSSR count). The molecule has 19 heteroatoms. The van der Waals surface area contributed by atoms with E-state index in [2.05, 4.69) is 34.6 Å². The lowest BCUT2D eigenvalue weighted by Crippen LogP contribution is -2.30. The molecule has 0 aromatic heterocycles. The van der Waals surface area contributed by atoms with Gasteiger partial charge in [0.05, 0.1) is 26.4 Å². The van der Waals surface area contributed by atoms with Crippen molar-refractivity contribution in [2.75, 3.05) is 39.6 Å². The molecule has 0 aliphatic carbocycles. The standard InChI is InChI=1S/C86H168O17P2/c1-6-9-12-15-18-21-24-27-30-33-36-39-41-44-47-50-53-59-64-69-83(88)96-75-81(102-85(90)71-66-62-55-52-49-46-43-40-37-34-31-28-25-22-19-16-13-10-7-2)77-100-104(92,93)98-73-80(87)74-99-105(94,95)101-78-82(76-97-84(89)70-65-60-57-56-58-63-68-79(4)5)103-86(91)72-67-61-54-51-48-45-42-38-35-32-29-26-23-20-17-14-11-8-3/h79-82,87H,6-78H2,1-5H3,(H,92,93)(H,94,95)/t80-,81-,82-/m1/s1. The van der Waals surface area contributed by atoms with Gasteiger partial charge in [0.2, 0.25) is 0 Å². The molecule has 105 heavy (non-hydrogen) atoms. The molecule has 0 saturated carbocycles. The second-order valence-electron chi connectivity index (χ2n) is 31.4. The first kappa shape index (κ1) is 103. The molecule has 0 spiro atoms. The van der Waals surface area contributed by atoms with Crippen LogP contribution in [-0.2, 0) is 65.4 Å². The van der Waals surface area contributed by atoms with Crippen molar-refractivity contribution < 1.29 is 80.2 Å². The van der Waals surface area contributed by atoms with Crippen molar-refractivity contribution in [2.45, 2.75) is 483 Å². The highest BCUT2D eigenvalue weighted by molar-refractivity contribution is 7.47. The summed E-state index contributed by atoms with van der Waals surface area (Å²) in [5.74, 6) is -1.42. The maximum Gasteiger partial charge on any atom is 0.472 e. The molecule has 0 bridgehead atoms. The summed E-state index contributed by atoms with van der Waals surface area (Å²) in [6, 6.07) is 0. The van der Waals surface area contributed by atoms with Crippen molar-refractivity contribution in [3.05, 3.63) is 0 Å². The number of aliphatic hydroxyl groups is 1. The van der Waals surface area contributed by atoms with Crippen LogP contribution in [-0.4, -0.2) is 96.7 Å². The second-order valence-corrected chi connectivity index (χ2v) is 34.3. The van der Waals surface area contributed by atoms with E-state index < -0.39 is 97.5 Å². The van der Waals surface area contributed by atoms with Crippen LogP contribution in [0.5, 0.6) is 0 Å². The fourth-order valence-electron chi connectivity index (χ4n) is 13.5. The average molecular weight is 1540 g/mol. The second kappa shape index (κ2) is 78.7. The number of rotatable bonds is 86. The van der Waals surface area contributed by atoms with Gasteiger partial charge in [-0.05, 0) is 31.6 Å². The summed E-state index contributed by atoms with van der Waals surface area (Å²) >= 11 is 0. The number of aliphatic hydroxyl groups excluding tert-OH is 1. The van der Waals surface area contributed by atoms with Gasteiger partial charge in [-0.25, -0.2) is 9.13 Å². The number of esters is 4. The summed E-state index contributed by atoms with van der Waals surface area (Å²) in [5.41, 5.74) is 0. The molecule has 0 amide bonds. The molecule has 2 unspecified atom stereocenters. The summed E-state index contributed by atoms with van der Waals surface area (Å²) in [7, 11) is -9.93. The van der Waals surface area contributed by atoms with Crippen LogP contribution in [0.3, 0.4) is 0 Å². The van der Waals surface area contributed by atoms with Crippen LogP contribution in [0, 0.1) is 5.92 Å². The molecule has 3 N–H and O–H groups in total. The number of hydrogen-bond acceptors (Lipinski definition) is 15. The summed E-state index contributed by atoms with van der Waals surface area (Å²) in [6.45, 7) is 7.28. The zero-order chi connectivity index (χ0) is 76.9. The Balaban J connectivity index is 5.20. The predicted octanol–water partition coefficient (Wildman–Crippen LogP) is 26.4. The number of ether oxygens (including phenoxy) is 4. The molecule has 5 atom stereocenters. The van der Waals surface area contributed by atoms with Gasteiger partial charge in [-0.2, -0.15) is 0 Å². The van der Waals surface area contributed by atoms with Crippen molar-refractivity contribution in [3.8, 4) is 0 Å². The van der Waals surface area contributed by atoms with Gasteiger partial charge >= 0.3 is 39.5 Å². The number of unbranched alkanes of at least 4 members (excludes halogenated alkanes) is 58. The summed E-state index contributed by atoms with van der Waals surface area (Å²) < 4.78 is 68.9. The highest BCUT2D eigenvalue weighted by atomic mass is 31.2. The van der Waals surface area contributed by atoms with E-state index in [0.29, 0.717) is 31.6 Å². The number of carbonyl (C=O) groups excluding carboxylic acids is 4. The number of phosphoric ester groups is 2. The monoisotopic (exact) mass is 1540 g/mol. The van der Waals surface area contributed by atoms with E-state index in [4.69, 9.17) is 37.0 Å². The molecule has 624 valence electrons. The van der Waals surface area contributed by atoms with E-state index >= 15 is 0 Å². The Morgan fingerprint density at radius 3 is 0.648 bits per heavy atom. The molecular formula is C86H168O17P2. The van der Waals surface area contributed by atoms with Crippen molar-refractivity contribution in [1.29, 1.82) is 0 Å². The first-order valence-electron chi connectivity index (χ1n) is 44.6. The molecule has 0 radical (unpaired) electrons. The van der Waals surface area contributed by atoms with E-state index in [1.165, 1.54) is 283 Å². The van der Waals surface area contributed by atoms with Crippen LogP contribution in [0.25, 0.3) is 0 Å². The van der Waals surface area contributed by atoms with Gasteiger partial charge in [0.1, 0.15) is 19.3 Å². The summed E-state index contributed by atoms with van der Waals surface area (Å²) in [4.78, 5) is 73.2. The quantitative estimate of drug-likeness (QED) is 0.0222. The fraction of sp³-hybridized carbons (Fsp3) is 0.953. The average Bonchev–Trinajstić information content (AvgIpc) is 0.909. The molecule has 0 heterocycles. The minimum atomic E-state index is -4.96. The molecule has 0 aromatic carbocycles. The van der Waals surface area contributed by atoms with Gasteiger partial charge in [-0.1, -0.05) is 413 Å². The van der Waals surface area contributed by atoms with E-state index in [1.807, 2.05) is 0 Å². The van der Waals surface area contributed by atoms with Crippen LogP contribution in [0.2, 0.25) is 0 Å². The molecule has 0 aliphatic heterocycles. The van der Waals surface area contributed by atoms with Crippen LogP contribution >= 0.6 is 15.6 Å². The Morgan fingerprint density at radius 2 is 0.438 bits per heavy atom. The first-order valence-corrected chi connectivity index (χ1v) is 47.6. The minimum absolute atomic E-state index is 0.108. The Bertz CT molecular complexity index is 2000. The van der Waals surface area contributed by atoms with Gasteiger partial charge in [0.15, 0.2) is 12.2 Å². The maximum absolute atomic E-state index is 13.1. The molecule has 0 fully saturated rings. The lowest BCUT2D eigenvalue weighted by atomic mass is 10.0. The lowest BCUT2D eigenvalue weighted by Gasteiger charge is -2.21. The molecule has 0 aromatic rings. The van der Waals surface area contributed by atoms with Crippen LogP contribution in [0.15, 0.2) is 0 Å². The normalized spacial score (nSPS) is 13.8. The van der Waals surface area contributed by atoms with E-state index in [-0.39, 0.29) is 25.7 Å². The van der Waals surface area contributed by atoms with E-state index in [0.717, 1.165) is 96.3 Å². The lowest BCUT2D eigenvalue weighted by molar-refractivity contribution is -0.161. The summed E-state index contributed by atoms with van der Waals surface area (Å²) in [5, 5.41) is 10.7. The van der Waals surface area contributed by atoms with Crippen molar-refractivity contribution in [1.82, 2.24) is 0 Å². The molecule has 0 saturated heterocycles. The third kappa shape index (κ3) is 79.9. The molecular weight excluding hydrogens is 1370 g/mol. The van der Waals surface area contributed by atoms with Crippen molar-refractivity contribution in [3.63, 3.8) is 0 Å². The SMILES string of the molecule is CCCCCCCCCCCCCCCCCCCCCC(=O)OC[C@H](COP(=O)(O)OC[C@@H](O)COP(=O)(O)OC[C@@H](COC(=O)CCCCCCCCC(C)C)OC(=O)CCCCCCCCCCCCCCCCCCCC)OC(=O)CCCCCCCCCCCCCCCCCCCCC. The maximum atomic E-state index is 13.1. The highest BCUT2D eigenvalue weighted by Crippen LogP contribution is 2.45. The summed E-state index contributed by atoms with van der Waals surface area (Å²) in [6.07, 6.45) is 72.5. The Kier molecular flexibility index (Phi) is 77.3. The van der Waals surface area contributed by atoms with Crippen LogP contribution in [0.1, 0.15) is 465 Å². The Labute approximate surface area is 645 Å².